The molecule has 12 heteroatoms. The number of alkyl halides is 2. The molecule has 0 radical (unpaired) electrons. The summed E-state index contributed by atoms with van der Waals surface area (Å²) in [5.74, 6) is 0.710. The van der Waals surface area contributed by atoms with Gasteiger partial charge in [0.2, 0.25) is 17.7 Å². The molecule has 2 aromatic heterocycles. The number of ether oxygens (including phenoxy) is 2. The van der Waals surface area contributed by atoms with E-state index in [-0.39, 0.29) is 29.7 Å². The van der Waals surface area contributed by atoms with Gasteiger partial charge >= 0.3 is 0 Å². The SMILES string of the molecule is O=C(CNC1CCCCC1)NC1CCC(Oc2cc(-n3c(C(F)F)nc4ccccc43)nc(N3CCOCC3)n2)CC1. The Balaban J connectivity index is 1.15. The predicted molar refractivity (Wildman–Crippen MR) is 154 cm³/mol. The second-order valence-corrected chi connectivity index (χ2v) is 11.4. The molecule has 226 valence electrons. The highest BCUT2D eigenvalue weighted by Gasteiger charge is 2.27. The molecule has 0 spiro atoms. The third-order valence-electron chi connectivity index (χ3n) is 8.47. The second kappa shape index (κ2) is 13.3. The molecule has 1 aliphatic heterocycles. The van der Waals surface area contributed by atoms with Crippen molar-refractivity contribution in [3.63, 3.8) is 0 Å². The number of hydrogen-bond acceptors (Lipinski definition) is 8. The standard InChI is InChI=1S/C30H39F2N7O3/c31-28(32)29-35-23-8-4-5-9-24(23)39(29)25-18-27(37-30(36-25)38-14-16-41-17-15-38)42-22-12-10-21(11-13-22)34-26(40)19-33-20-6-2-1-3-7-20/h4-5,8-9,18,20-22,28,33H,1-3,6-7,10-17,19H2,(H,34,40). The number of carbonyl (C=O) groups excluding carboxylic acids is 1. The fourth-order valence-corrected chi connectivity index (χ4v) is 6.23. The van der Waals surface area contributed by atoms with E-state index in [2.05, 4.69) is 20.6 Å². The van der Waals surface area contributed by atoms with Crippen molar-refractivity contribution in [2.45, 2.75) is 82.4 Å². The van der Waals surface area contributed by atoms with Crippen molar-refractivity contribution in [3.05, 3.63) is 36.2 Å². The molecule has 1 aromatic carbocycles. The van der Waals surface area contributed by atoms with Crippen LogP contribution < -0.4 is 20.3 Å². The number of nitrogens with zero attached hydrogens (tertiary/aromatic N) is 5. The van der Waals surface area contributed by atoms with Gasteiger partial charge in [0, 0.05) is 31.2 Å². The molecule has 2 N–H and O–H groups in total. The van der Waals surface area contributed by atoms with E-state index in [0.29, 0.717) is 61.8 Å². The largest absolute Gasteiger partial charge is 0.474 e. The van der Waals surface area contributed by atoms with Crippen LogP contribution >= 0.6 is 0 Å². The maximum absolute atomic E-state index is 14.1. The van der Waals surface area contributed by atoms with Gasteiger partial charge in [0.1, 0.15) is 11.9 Å². The summed E-state index contributed by atoms with van der Waals surface area (Å²) in [6, 6.07) is 9.21. The summed E-state index contributed by atoms with van der Waals surface area (Å²) in [4.78, 5) is 28.1. The molecule has 42 heavy (non-hydrogen) atoms. The van der Waals surface area contributed by atoms with Gasteiger partial charge in [-0.25, -0.2) is 13.8 Å². The van der Waals surface area contributed by atoms with Crippen LogP contribution in [0.2, 0.25) is 0 Å². The number of aromatic nitrogens is 4. The van der Waals surface area contributed by atoms with E-state index in [1.807, 2.05) is 4.90 Å². The maximum atomic E-state index is 14.1. The molecule has 0 unspecified atom stereocenters. The molecule has 10 nitrogen and oxygen atoms in total. The second-order valence-electron chi connectivity index (χ2n) is 11.4. The lowest BCUT2D eigenvalue weighted by Crippen LogP contribution is -2.45. The van der Waals surface area contributed by atoms with Gasteiger partial charge in [0.25, 0.3) is 6.43 Å². The molecule has 6 rings (SSSR count). The maximum Gasteiger partial charge on any atom is 0.296 e. The van der Waals surface area contributed by atoms with Crippen molar-refractivity contribution in [2.24, 2.45) is 0 Å². The van der Waals surface area contributed by atoms with Gasteiger partial charge in [-0.1, -0.05) is 31.4 Å². The first-order valence-electron chi connectivity index (χ1n) is 15.2. The first-order valence-corrected chi connectivity index (χ1v) is 15.2. The number of rotatable bonds is 9. The quantitative estimate of drug-likeness (QED) is 0.384. The average molecular weight is 584 g/mol. The van der Waals surface area contributed by atoms with E-state index in [0.717, 1.165) is 38.5 Å². The van der Waals surface area contributed by atoms with Gasteiger partial charge in [-0.05, 0) is 50.7 Å². The Morgan fingerprint density at radius 2 is 1.74 bits per heavy atom. The predicted octanol–water partition coefficient (Wildman–Crippen LogP) is 4.32. The van der Waals surface area contributed by atoms with Crippen molar-refractivity contribution >= 4 is 22.9 Å². The molecule has 2 saturated carbocycles. The Bertz CT molecular complexity index is 1350. The average Bonchev–Trinajstić information content (AvgIpc) is 3.42. The zero-order valence-electron chi connectivity index (χ0n) is 23.8. The minimum absolute atomic E-state index is 0.0444. The van der Waals surface area contributed by atoms with Crippen LogP contribution in [0, 0.1) is 0 Å². The summed E-state index contributed by atoms with van der Waals surface area (Å²) in [6.45, 7) is 2.61. The van der Waals surface area contributed by atoms with Crippen LogP contribution in [0.25, 0.3) is 16.9 Å². The minimum Gasteiger partial charge on any atom is -0.474 e. The Labute approximate surface area is 244 Å². The van der Waals surface area contributed by atoms with Crippen molar-refractivity contribution in [3.8, 4) is 11.7 Å². The third-order valence-corrected chi connectivity index (χ3v) is 8.47. The van der Waals surface area contributed by atoms with Crippen LogP contribution in [0.1, 0.15) is 70.0 Å². The van der Waals surface area contributed by atoms with Crippen LogP contribution in [-0.2, 0) is 9.53 Å². The Morgan fingerprint density at radius 3 is 2.50 bits per heavy atom. The highest BCUT2D eigenvalue weighted by Crippen LogP contribution is 2.31. The number of para-hydroxylation sites is 2. The summed E-state index contributed by atoms with van der Waals surface area (Å²) in [6.07, 6.45) is 6.27. The first-order chi connectivity index (χ1) is 20.5. The van der Waals surface area contributed by atoms with Gasteiger partial charge in [-0.3, -0.25) is 9.36 Å². The third kappa shape index (κ3) is 6.81. The number of carbonyl (C=O) groups is 1. The van der Waals surface area contributed by atoms with Crippen molar-refractivity contribution in [2.75, 3.05) is 37.7 Å². The number of hydrogen-bond donors (Lipinski definition) is 2. The molecular weight excluding hydrogens is 544 g/mol. The summed E-state index contributed by atoms with van der Waals surface area (Å²) in [7, 11) is 0. The van der Waals surface area contributed by atoms with Crippen LogP contribution in [0.4, 0.5) is 14.7 Å². The zero-order valence-corrected chi connectivity index (χ0v) is 23.8. The number of morpholine rings is 1. The summed E-state index contributed by atoms with van der Waals surface area (Å²) in [5.41, 5.74) is 1.01. The molecule has 0 bridgehead atoms. The number of anilines is 1. The molecule has 3 fully saturated rings. The molecule has 1 amide bonds. The minimum atomic E-state index is -2.79. The normalized spacial score (nSPS) is 22.0. The van der Waals surface area contributed by atoms with Crippen molar-refractivity contribution < 1.29 is 23.0 Å². The van der Waals surface area contributed by atoms with E-state index in [1.165, 1.54) is 23.8 Å². The monoisotopic (exact) mass is 583 g/mol. The summed E-state index contributed by atoms with van der Waals surface area (Å²) >= 11 is 0. The van der Waals surface area contributed by atoms with Gasteiger partial charge in [0.05, 0.1) is 30.8 Å². The van der Waals surface area contributed by atoms with Crippen LogP contribution in [0.15, 0.2) is 30.3 Å². The number of amides is 1. The lowest BCUT2D eigenvalue weighted by molar-refractivity contribution is -0.121. The van der Waals surface area contributed by atoms with Crippen molar-refractivity contribution in [1.82, 2.24) is 30.2 Å². The first kappa shape index (κ1) is 28.7. The summed E-state index contributed by atoms with van der Waals surface area (Å²) < 4.78 is 41.5. The lowest BCUT2D eigenvalue weighted by Gasteiger charge is -2.30. The van der Waals surface area contributed by atoms with Gasteiger partial charge in [0.15, 0.2) is 5.82 Å². The highest BCUT2D eigenvalue weighted by molar-refractivity contribution is 5.78. The topological polar surface area (TPSA) is 106 Å². The molecule has 2 aliphatic carbocycles. The molecule has 0 atom stereocenters. The van der Waals surface area contributed by atoms with E-state index in [1.54, 1.807) is 30.3 Å². The number of benzene rings is 1. The molecule has 3 heterocycles. The lowest BCUT2D eigenvalue weighted by atomic mass is 9.93. The Hall–Kier alpha value is -3.38. The number of imidazole rings is 1. The molecular formula is C30H39F2N7O3. The Kier molecular flexibility index (Phi) is 9.09. The van der Waals surface area contributed by atoms with E-state index in [9.17, 15) is 13.6 Å². The molecule has 3 aromatic rings. The van der Waals surface area contributed by atoms with Crippen molar-refractivity contribution in [1.29, 1.82) is 0 Å². The summed E-state index contributed by atoms with van der Waals surface area (Å²) in [5, 5.41) is 6.58. The van der Waals surface area contributed by atoms with Gasteiger partial charge in [-0.2, -0.15) is 9.97 Å². The van der Waals surface area contributed by atoms with E-state index in [4.69, 9.17) is 14.5 Å². The van der Waals surface area contributed by atoms with Gasteiger partial charge < -0.3 is 25.0 Å². The Morgan fingerprint density at radius 1 is 0.976 bits per heavy atom. The van der Waals surface area contributed by atoms with Gasteiger partial charge in [-0.15, -0.1) is 0 Å². The van der Waals surface area contributed by atoms with E-state index >= 15 is 0 Å². The highest BCUT2D eigenvalue weighted by atomic mass is 19.3. The smallest absolute Gasteiger partial charge is 0.296 e. The molecule has 1 saturated heterocycles. The van der Waals surface area contributed by atoms with E-state index < -0.39 is 6.43 Å². The molecule has 3 aliphatic rings. The number of fused-ring (bicyclic) bond motifs is 1. The fraction of sp³-hybridized carbons (Fsp3) is 0.600. The fourth-order valence-electron chi connectivity index (χ4n) is 6.23. The van der Waals surface area contributed by atoms with Crippen LogP contribution in [0.3, 0.4) is 0 Å². The number of nitrogens with one attached hydrogen (secondary N) is 2. The van der Waals surface area contributed by atoms with Crippen LogP contribution in [0.5, 0.6) is 5.88 Å². The van der Waals surface area contributed by atoms with Crippen LogP contribution in [-0.4, -0.2) is 76.5 Å². The number of halogens is 2. The zero-order chi connectivity index (χ0) is 28.9.